The molecule has 0 spiro atoms. The summed E-state index contributed by atoms with van der Waals surface area (Å²) in [5, 5.41) is 3.27. The van der Waals surface area contributed by atoms with Crippen molar-refractivity contribution < 1.29 is 23.9 Å². The summed E-state index contributed by atoms with van der Waals surface area (Å²) in [6.07, 6.45) is 1.18. The lowest BCUT2D eigenvalue weighted by atomic mass is 10.1. The van der Waals surface area contributed by atoms with Crippen molar-refractivity contribution in [3.8, 4) is 11.5 Å². The Hall–Kier alpha value is -2.28. The SMILES string of the molecule is O=C(CCN1C(=O)CCC1=O)NCCc1cc(Cl)c2c(c1)OCCO2. The van der Waals surface area contributed by atoms with E-state index in [1.165, 1.54) is 0 Å². The van der Waals surface area contributed by atoms with Crippen molar-refractivity contribution in [1.29, 1.82) is 0 Å². The number of carbonyl (C=O) groups is 3. The normalized spacial score (nSPS) is 16.3. The number of carbonyl (C=O) groups excluding carboxylic acids is 3. The third-order valence-electron chi connectivity index (χ3n) is 4.11. The van der Waals surface area contributed by atoms with E-state index in [0.717, 1.165) is 10.5 Å². The van der Waals surface area contributed by atoms with Gasteiger partial charge in [0.25, 0.3) is 0 Å². The first-order valence-electron chi connectivity index (χ1n) is 8.22. The molecule has 0 unspecified atom stereocenters. The number of nitrogens with one attached hydrogen (secondary N) is 1. The topological polar surface area (TPSA) is 84.9 Å². The number of fused-ring (bicyclic) bond motifs is 1. The summed E-state index contributed by atoms with van der Waals surface area (Å²) in [4.78, 5) is 36.0. The molecular weight excluding hydrogens is 348 g/mol. The lowest BCUT2D eigenvalue weighted by molar-refractivity contribution is -0.138. The molecule has 1 aromatic carbocycles. The van der Waals surface area contributed by atoms with Crippen LogP contribution in [0, 0.1) is 0 Å². The molecule has 0 bridgehead atoms. The molecule has 2 aliphatic heterocycles. The van der Waals surface area contributed by atoms with Gasteiger partial charge in [0.2, 0.25) is 17.7 Å². The summed E-state index contributed by atoms with van der Waals surface area (Å²) >= 11 is 6.18. The second-order valence-corrected chi connectivity index (χ2v) is 6.30. The van der Waals surface area contributed by atoms with Crippen LogP contribution in [0.3, 0.4) is 0 Å². The van der Waals surface area contributed by atoms with Crippen LogP contribution in [0.2, 0.25) is 5.02 Å². The lowest BCUT2D eigenvalue weighted by Crippen LogP contribution is -2.34. The maximum Gasteiger partial charge on any atom is 0.229 e. The summed E-state index contributed by atoms with van der Waals surface area (Å²) in [6, 6.07) is 3.65. The van der Waals surface area contributed by atoms with E-state index in [0.29, 0.717) is 42.7 Å². The Kier molecular flexibility index (Phi) is 5.43. The highest BCUT2D eigenvalue weighted by atomic mass is 35.5. The number of benzene rings is 1. The van der Waals surface area contributed by atoms with E-state index in [4.69, 9.17) is 21.1 Å². The van der Waals surface area contributed by atoms with Crippen molar-refractivity contribution in [1.82, 2.24) is 10.2 Å². The third-order valence-corrected chi connectivity index (χ3v) is 4.39. The Bertz CT molecular complexity index is 691. The number of rotatable bonds is 6. The van der Waals surface area contributed by atoms with Crippen LogP contribution in [0.25, 0.3) is 0 Å². The van der Waals surface area contributed by atoms with Gasteiger partial charge in [0.1, 0.15) is 13.2 Å². The summed E-state index contributed by atoms with van der Waals surface area (Å²) < 4.78 is 11.0. The summed E-state index contributed by atoms with van der Waals surface area (Å²) in [6.45, 7) is 1.53. The number of nitrogens with zero attached hydrogens (tertiary/aromatic N) is 1. The number of hydrogen-bond acceptors (Lipinski definition) is 5. The number of amides is 3. The smallest absolute Gasteiger partial charge is 0.229 e. The van der Waals surface area contributed by atoms with Gasteiger partial charge >= 0.3 is 0 Å². The fourth-order valence-corrected chi connectivity index (χ4v) is 3.12. The molecule has 0 atom stereocenters. The van der Waals surface area contributed by atoms with Crippen molar-refractivity contribution in [2.75, 3.05) is 26.3 Å². The van der Waals surface area contributed by atoms with Gasteiger partial charge in [-0.25, -0.2) is 0 Å². The minimum absolute atomic E-state index is 0.110. The van der Waals surface area contributed by atoms with E-state index in [9.17, 15) is 14.4 Å². The third kappa shape index (κ3) is 4.22. The molecule has 0 aromatic heterocycles. The van der Waals surface area contributed by atoms with Crippen molar-refractivity contribution in [3.63, 3.8) is 0 Å². The first-order valence-corrected chi connectivity index (χ1v) is 8.60. The van der Waals surface area contributed by atoms with Crippen molar-refractivity contribution in [2.24, 2.45) is 0 Å². The van der Waals surface area contributed by atoms with Crippen molar-refractivity contribution >= 4 is 29.3 Å². The molecule has 1 fully saturated rings. The van der Waals surface area contributed by atoms with Crippen LogP contribution in [0.15, 0.2) is 12.1 Å². The van der Waals surface area contributed by atoms with Crippen LogP contribution in [0.1, 0.15) is 24.8 Å². The zero-order chi connectivity index (χ0) is 17.8. The average Bonchev–Trinajstić information content (AvgIpc) is 2.91. The number of halogens is 1. The maximum atomic E-state index is 11.9. The molecule has 2 heterocycles. The van der Waals surface area contributed by atoms with Gasteiger partial charge in [0.15, 0.2) is 11.5 Å². The van der Waals surface area contributed by atoms with E-state index >= 15 is 0 Å². The van der Waals surface area contributed by atoms with Gasteiger partial charge in [-0.05, 0) is 24.1 Å². The first-order chi connectivity index (χ1) is 12.0. The Labute approximate surface area is 150 Å². The Morgan fingerprint density at radius 2 is 1.88 bits per heavy atom. The molecule has 8 heteroatoms. The highest BCUT2D eigenvalue weighted by molar-refractivity contribution is 6.32. The monoisotopic (exact) mass is 366 g/mol. The molecule has 0 saturated carbocycles. The molecule has 3 rings (SSSR count). The number of imide groups is 1. The van der Waals surface area contributed by atoms with Crippen LogP contribution in [-0.4, -0.2) is 48.9 Å². The largest absolute Gasteiger partial charge is 0.486 e. The lowest BCUT2D eigenvalue weighted by Gasteiger charge is -2.20. The van der Waals surface area contributed by atoms with Gasteiger partial charge in [-0.15, -0.1) is 0 Å². The minimum Gasteiger partial charge on any atom is -0.486 e. The predicted octanol–water partition coefficient (Wildman–Crippen LogP) is 1.31. The molecule has 0 aliphatic carbocycles. The van der Waals surface area contributed by atoms with Gasteiger partial charge < -0.3 is 14.8 Å². The van der Waals surface area contributed by atoms with Gasteiger partial charge in [0.05, 0.1) is 5.02 Å². The number of hydrogen-bond donors (Lipinski definition) is 1. The zero-order valence-electron chi connectivity index (χ0n) is 13.7. The second-order valence-electron chi connectivity index (χ2n) is 5.89. The molecule has 1 aromatic rings. The van der Waals surface area contributed by atoms with E-state index in [-0.39, 0.29) is 43.5 Å². The quantitative estimate of drug-likeness (QED) is 0.767. The van der Waals surface area contributed by atoms with E-state index in [1.807, 2.05) is 6.07 Å². The number of ether oxygens (including phenoxy) is 2. The van der Waals surface area contributed by atoms with Gasteiger partial charge in [-0.1, -0.05) is 11.6 Å². The Morgan fingerprint density at radius 1 is 1.16 bits per heavy atom. The molecule has 1 N–H and O–H groups in total. The molecule has 134 valence electrons. The number of likely N-dealkylation sites (tertiary alicyclic amines) is 1. The second kappa shape index (κ2) is 7.74. The van der Waals surface area contributed by atoms with Crippen LogP contribution in [0.4, 0.5) is 0 Å². The van der Waals surface area contributed by atoms with Crippen molar-refractivity contribution in [3.05, 3.63) is 22.7 Å². The molecule has 3 amide bonds. The standard InChI is InChI=1S/C17H19ClN2O5/c18-12-9-11(10-13-17(12)25-8-7-24-13)3-5-19-14(21)4-6-20-15(22)1-2-16(20)23/h9-10H,1-8H2,(H,19,21). The summed E-state index contributed by atoms with van der Waals surface area (Å²) in [7, 11) is 0. The van der Waals surface area contributed by atoms with Crippen LogP contribution in [-0.2, 0) is 20.8 Å². The first kappa shape index (κ1) is 17.5. The Morgan fingerprint density at radius 3 is 2.64 bits per heavy atom. The summed E-state index contributed by atoms with van der Waals surface area (Å²) in [5.74, 6) is 0.565. The summed E-state index contributed by atoms with van der Waals surface area (Å²) in [5.41, 5.74) is 0.930. The molecule has 2 aliphatic rings. The highest BCUT2D eigenvalue weighted by Gasteiger charge is 2.28. The fourth-order valence-electron chi connectivity index (χ4n) is 2.83. The Balaban J connectivity index is 1.45. The fraction of sp³-hybridized carbons (Fsp3) is 0.471. The molecule has 7 nitrogen and oxygen atoms in total. The van der Waals surface area contributed by atoms with Gasteiger partial charge in [0, 0.05) is 32.4 Å². The van der Waals surface area contributed by atoms with Crippen molar-refractivity contribution in [2.45, 2.75) is 25.7 Å². The average molecular weight is 367 g/mol. The van der Waals surface area contributed by atoms with Gasteiger partial charge in [-0.3, -0.25) is 19.3 Å². The maximum absolute atomic E-state index is 11.9. The van der Waals surface area contributed by atoms with Crippen LogP contribution < -0.4 is 14.8 Å². The zero-order valence-corrected chi connectivity index (χ0v) is 14.4. The molecule has 1 saturated heterocycles. The molecule has 0 radical (unpaired) electrons. The molecular formula is C17H19ClN2O5. The van der Waals surface area contributed by atoms with Crippen LogP contribution in [0.5, 0.6) is 11.5 Å². The molecule has 25 heavy (non-hydrogen) atoms. The predicted molar refractivity (Wildman–Crippen MR) is 89.7 cm³/mol. The van der Waals surface area contributed by atoms with E-state index in [2.05, 4.69) is 5.32 Å². The highest BCUT2D eigenvalue weighted by Crippen LogP contribution is 2.38. The van der Waals surface area contributed by atoms with Gasteiger partial charge in [-0.2, -0.15) is 0 Å². The van der Waals surface area contributed by atoms with E-state index in [1.54, 1.807) is 6.07 Å². The minimum atomic E-state index is -0.205. The van der Waals surface area contributed by atoms with Crippen LogP contribution >= 0.6 is 11.6 Å². The van der Waals surface area contributed by atoms with E-state index < -0.39 is 0 Å².